The molecule has 1 atom stereocenters. The summed E-state index contributed by atoms with van der Waals surface area (Å²) in [5.74, 6) is 0.973. The summed E-state index contributed by atoms with van der Waals surface area (Å²) < 4.78 is 0.858. The molecule has 0 spiro atoms. The predicted octanol–water partition coefficient (Wildman–Crippen LogP) is 2.41. The fourth-order valence-electron chi connectivity index (χ4n) is 2.16. The second kappa shape index (κ2) is 5.45. The van der Waals surface area contributed by atoms with E-state index in [0.717, 1.165) is 23.3 Å². The van der Waals surface area contributed by atoms with Crippen molar-refractivity contribution in [1.82, 2.24) is 9.88 Å². The Morgan fingerprint density at radius 3 is 2.94 bits per heavy atom. The lowest BCUT2D eigenvalue weighted by molar-refractivity contribution is -0.132. The zero-order valence-electron chi connectivity index (χ0n) is 10.4. The Kier molecular flexibility index (Phi) is 4.12. The number of rotatable bonds is 2. The molecule has 2 rings (SSSR count). The van der Waals surface area contributed by atoms with E-state index in [1.165, 1.54) is 0 Å². The van der Waals surface area contributed by atoms with E-state index >= 15 is 0 Å². The lowest BCUT2D eigenvalue weighted by Gasteiger charge is -2.20. The second-order valence-corrected chi connectivity index (χ2v) is 5.95. The number of hydrogen-bond donors (Lipinski definition) is 0. The third-order valence-electron chi connectivity index (χ3n) is 3.07. The Bertz CT molecular complexity index is 467. The first-order valence-electron chi connectivity index (χ1n) is 5.76. The van der Waals surface area contributed by atoms with Crippen molar-refractivity contribution in [3.8, 4) is 0 Å². The van der Waals surface area contributed by atoms with Crippen LogP contribution in [0.4, 0.5) is 5.82 Å². The van der Waals surface area contributed by atoms with Crippen LogP contribution in [0.1, 0.15) is 6.42 Å². The van der Waals surface area contributed by atoms with E-state index in [4.69, 9.17) is 11.6 Å². The number of halogens is 2. The predicted molar refractivity (Wildman–Crippen MR) is 76.0 cm³/mol. The molecule has 1 aromatic heterocycles. The fraction of sp³-hybridized carbons (Fsp3) is 0.500. The molecule has 0 aromatic carbocycles. The average molecular weight is 333 g/mol. The lowest BCUT2D eigenvalue weighted by atomic mass is 10.1. The van der Waals surface area contributed by atoms with Gasteiger partial charge in [0.1, 0.15) is 5.82 Å². The number of aromatic nitrogens is 1. The minimum atomic E-state index is 0.0431. The molecule has 0 radical (unpaired) electrons. The number of hydrogen-bond acceptors (Lipinski definition) is 3. The summed E-state index contributed by atoms with van der Waals surface area (Å²) in [6.07, 6.45) is 2.58. The highest BCUT2D eigenvalue weighted by Gasteiger charge is 2.30. The molecule has 98 valence electrons. The molecule has 0 saturated carbocycles. The molecule has 1 unspecified atom stereocenters. The van der Waals surface area contributed by atoms with Crippen LogP contribution in [0.25, 0.3) is 0 Å². The summed E-state index contributed by atoms with van der Waals surface area (Å²) in [6.45, 7) is 1.50. The van der Waals surface area contributed by atoms with Gasteiger partial charge in [-0.15, -0.1) is 0 Å². The number of carbonyl (C=O) groups is 1. The molecule has 4 nitrogen and oxygen atoms in total. The van der Waals surface area contributed by atoms with Gasteiger partial charge < -0.3 is 9.80 Å². The smallest absolute Gasteiger partial charge is 0.227 e. The highest BCUT2D eigenvalue weighted by Crippen LogP contribution is 2.30. The SMILES string of the molecule is CN(C)C(=O)C1CCN(c2ncc(Br)cc2Cl)C1. The fourth-order valence-corrected chi connectivity index (χ4v) is 2.91. The van der Waals surface area contributed by atoms with Gasteiger partial charge in [0.2, 0.25) is 5.91 Å². The van der Waals surface area contributed by atoms with Gasteiger partial charge in [0.25, 0.3) is 0 Å². The molecule has 6 heteroatoms. The van der Waals surface area contributed by atoms with E-state index in [1.54, 1.807) is 25.2 Å². The van der Waals surface area contributed by atoms with Crippen LogP contribution in [0.3, 0.4) is 0 Å². The van der Waals surface area contributed by atoms with Crippen LogP contribution >= 0.6 is 27.5 Å². The van der Waals surface area contributed by atoms with Crippen molar-refractivity contribution < 1.29 is 4.79 Å². The number of carbonyl (C=O) groups excluding carboxylic acids is 1. The molecular weight excluding hydrogens is 318 g/mol. The Morgan fingerprint density at radius 2 is 2.33 bits per heavy atom. The normalized spacial score (nSPS) is 19.1. The molecule has 1 saturated heterocycles. The van der Waals surface area contributed by atoms with E-state index in [1.807, 2.05) is 6.07 Å². The van der Waals surface area contributed by atoms with E-state index in [-0.39, 0.29) is 11.8 Å². The van der Waals surface area contributed by atoms with E-state index in [0.29, 0.717) is 11.6 Å². The summed E-state index contributed by atoms with van der Waals surface area (Å²) in [5, 5.41) is 0.613. The topological polar surface area (TPSA) is 36.4 Å². The maximum atomic E-state index is 11.9. The van der Waals surface area contributed by atoms with Crippen LogP contribution < -0.4 is 4.90 Å². The zero-order chi connectivity index (χ0) is 13.3. The third-order valence-corrected chi connectivity index (χ3v) is 3.78. The summed E-state index contributed by atoms with van der Waals surface area (Å²) in [4.78, 5) is 19.9. The summed E-state index contributed by atoms with van der Waals surface area (Å²) in [6, 6.07) is 1.82. The van der Waals surface area contributed by atoms with Gasteiger partial charge in [0.15, 0.2) is 0 Å². The first-order chi connectivity index (χ1) is 8.49. The highest BCUT2D eigenvalue weighted by atomic mass is 79.9. The van der Waals surface area contributed by atoms with Crippen LogP contribution in [0.5, 0.6) is 0 Å². The molecule has 0 aliphatic carbocycles. The van der Waals surface area contributed by atoms with Crippen LogP contribution in [0, 0.1) is 5.92 Å². The molecule has 0 bridgehead atoms. The monoisotopic (exact) mass is 331 g/mol. The molecular formula is C12H15BrClN3O. The number of nitrogens with zero attached hydrogens (tertiary/aromatic N) is 3. The Balaban J connectivity index is 2.11. The third kappa shape index (κ3) is 2.78. The molecule has 1 aromatic rings. The highest BCUT2D eigenvalue weighted by molar-refractivity contribution is 9.10. The van der Waals surface area contributed by atoms with Crippen molar-refractivity contribution in [3.05, 3.63) is 21.8 Å². The van der Waals surface area contributed by atoms with E-state index in [9.17, 15) is 4.79 Å². The van der Waals surface area contributed by atoms with Crippen molar-refractivity contribution in [3.63, 3.8) is 0 Å². The van der Waals surface area contributed by atoms with Gasteiger partial charge in [-0.05, 0) is 28.4 Å². The summed E-state index contributed by atoms with van der Waals surface area (Å²) >= 11 is 9.50. The van der Waals surface area contributed by atoms with Gasteiger partial charge in [-0.2, -0.15) is 0 Å². The van der Waals surface area contributed by atoms with Crippen molar-refractivity contribution >= 4 is 39.3 Å². The number of pyridine rings is 1. The van der Waals surface area contributed by atoms with Crippen LogP contribution in [-0.2, 0) is 4.79 Å². The van der Waals surface area contributed by atoms with Crippen molar-refractivity contribution in [2.75, 3.05) is 32.1 Å². The van der Waals surface area contributed by atoms with Gasteiger partial charge in [-0.1, -0.05) is 11.6 Å². The average Bonchev–Trinajstić information content (AvgIpc) is 2.77. The molecule has 1 fully saturated rings. The minimum Gasteiger partial charge on any atom is -0.355 e. The van der Waals surface area contributed by atoms with Gasteiger partial charge in [0.05, 0.1) is 10.9 Å². The first kappa shape index (κ1) is 13.6. The van der Waals surface area contributed by atoms with Crippen molar-refractivity contribution in [2.45, 2.75) is 6.42 Å². The lowest BCUT2D eigenvalue weighted by Crippen LogP contribution is -2.32. The maximum Gasteiger partial charge on any atom is 0.227 e. The van der Waals surface area contributed by atoms with Gasteiger partial charge in [-0.3, -0.25) is 4.79 Å². The number of anilines is 1. The molecule has 18 heavy (non-hydrogen) atoms. The van der Waals surface area contributed by atoms with E-state index < -0.39 is 0 Å². The Morgan fingerprint density at radius 1 is 1.61 bits per heavy atom. The Hall–Kier alpha value is -0.810. The summed E-state index contributed by atoms with van der Waals surface area (Å²) in [5.41, 5.74) is 0. The van der Waals surface area contributed by atoms with Gasteiger partial charge >= 0.3 is 0 Å². The molecule has 1 aliphatic heterocycles. The number of amides is 1. The minimum absolute atomic E-state index is 0.0431. The van der Waals surface area contributed by atoms with Crippen LogP contribution in [0.2, 0.25) is 5.02 Å². The van der Waals surface area contributed by atoms with E-state index in [2.05, 4.69) is 25.8 Å². The standard InChI is InChI=1S/C12H15BrClN3O/c1-16(2)12(18)8-3-4-17(7-8)11-10(14)5-9(13)6-15-11/h5-6,8H,3-4,7H2,1-2H3. The maximum absolute atomic E-state index is 11.9. The zero-order valence-corrected chi connectivity index (χ0v) is 12.7. The summed E-state index contributed by atoms with van der Waals surface area (Å²) in [7, 11) is 3.58. The second-order valence-electron chi connectivity index (χ2n) is 4.62. The quantitative estimate of drug-likeness (QED) is 0.834. The van der Waals surface area contributed by atoms with Gasteiger partial charge in [0, 0.05) is 37.9 Å². The molecule has 0 N–H and O–H groups in total. The van der Waals surface area contributed by atoms with Gasteiger partial charge in [-0.25, -0.2) is 4.98 Å². The first-order valence-corrected chi connectivity index (χ1v) is 6.93. The largest absolute Gasteiger partial charge is 0.355 e. The van der Waals surface area contributed by atoms with Crippen molar-refractivity contribution in [1.29, 1.82) is 0 Å². The van der Waals surface area contributed by atoms with Crippen LogP contribution in [-0.4, -0.2) is 43.0 Å². The molecule has 1 amide bonds. The Labute approximate surface area is 120 Å². The van der Waals surface area contributed by atoms with Crippen LogP contribution in [0.15, 0.2) is 16.7 Å². The molecule has 1 aliphatic rings. The molecule has 2 heterocycles. The van der Waals surface area contributed by atoms with Crippen molar-refractivity contribution in [2.24, 2.45) is 5.92 Å².